The third kappa shape index (κ3) is 3.83. The van der Waals surface area contributed by atoms with Crippen LogP contribution < -0.4 is 0 Å². The second-order valence-electron chi connectivity index (χ2n) is 7.77. The smallest absolute Gasteiger partial charge is 0.200 e. The molecule has 0 spiro atoms. The SMILES string of the molecule is CC(C)[Si](OCC1COC(C)(C)C1)(C(C)C)C(C)C. The van der Waals surface area contributed by atoms with Gasteiger partial charge in [0.2, 0.25) is 0 Å². The number of ether oxygens (including phenoxy) is 1. The number of rotatable bonds is 6. The highest BCUT2D eigenvalue weighted by molar-refractivity contribution is 6.77. The van der Waals surface area contributed by atoms with Crippen LogP contribution in [0.5, 0.6) is 0 Å². The molecule has 1 heterocycles. The highest BCUT2D eigenvalue weighted by Gasteiger charge is 2.46. The molecule has 0 aromatic carbocycles. The molecule has 0 N–H and O–H groups in total. The summed E-state index contributed by atoms with van der Waals surface area (Å²) in [6, 6.07) is 0. The molecule has 1 unspecified atom stereocenters. The Bertz CT molecular complexity index is 263. The molecule has 0 amide bonds. The lowest BCUT2D eigenvalue weighted by Crippen LogP contribution is -2.48. The van der Waals surface area contributed by atoms with E-state index in [1.165, 1.54) is 0 Å². The maximum Gasteiger partial charge on any atom is 0.200 e. The van der Waals surface area contributed by atoms with E-state index < -0.39 is 8.32 Å². The summed E-state index contributed by atoms with van der Waals surface area (Å²) in [5, 5.41) is 0. The second-order valence-corrected chi connectivity index (χ2v) is 13.2. The summed E-state index contributed by atoms with van der Waals surface area (Å²) in [6.45, 7) is 20.2. The molecule has 19 heavy (non-hydrogen) atoms. The Kier molecular flexibility index (Phi) is 5.68. The van der Waals surface area contributed by atoms with E-state index in [1.54, 1.807) is 0 Å². The fraction of sp³-hybridized carbons (Fsp3) is 1.00. The molecule has 0 bridgehead atoms. The van der Waals surface area contributed by atoms with Crippen molar-refractivity contribution >= 4 is 8.32 Å². The van der Waals surface area contributed by atoms with Gasteiger partial charge in [-0.2, -0.15) is 0 Å². The zero-order valence-corrected chi connectivity index (χ0v) is 15.2. The first-order chi connectivity index (χ1) is 8.62. The minimum atomic E-state index is -1.70. The Morgan fingerprint density at radius 1 is 1.05 bits per heavy atom. The van der Waals surface area contributed by atoms with Crippen molar-refractivity contribution in [2.24, 2.45) is 5.92 Å². The van der Waals surface area contributed by atoms with Crippen LogP contribution in [0.2, 0.25) is 16.6 Å². The predicted molar refractivity (Wildman–Crippen MR) is 85.1 cm³/mol. The fourth-order valence-electron chi connectivity index (χ4n) is 4.03. The molecule has 0 aromatic rings. The van der Waals surface area contributed by atoms with Crippen molar-refractivity contribution in [3.05, 3.63) is 0 Å². The highest BCUT2D eigenvalue weighted by Crippen LogP contribution is 2.43. The van der Waals surface area contributed by atoms with Crippen molar-refractivity contribution in [2.45, 2.75) is 84.0 Å². The van der Waals surface area contributed by atoms with Crippen LogP contribution in [0.4, 0.5) is 0 Å². The Hall–Kier alpha value is 0.137. The van der Waals surface area contributed by atoms with E-state index in [1.807, 2.05) is 0 Å². The third-order valence-electron chi connectivity index (χ3n) is 4.77. The van der Waals surface area contributed by atoms with Gasteiger partial charge in [-0.15, -0.1) is 0 Å². The van der Waals surface area contributed by atoms with Gasteiger partial charge < -0.3 is 9.16 Å². The van der Waals surface area contributed by atoms with Crippen LogP contribution in [0.15, 0.2) is 0 Å². The van der Waals surface area contributed by atoms with Crippen molar-refractivity contribution in [1.82, 2.24) is 0 Å². The van der Waals surface area contributed by atoms with Crippen molar-refractivity contribution < 1.29 is 9.16 Å². The molecule has 0 saturated carbocycles. The van der Waals surface area contributed by atoms with Gasteiger partial charge in [0, 0.05) is 12.5 Å². The van der Waals surface area contributed by atoms with Gasteiger partial charge in [-0.25, -0.2) is 0 Å². The van der Waals surface area contributed by atoms with Gasteiger partial charge in [0.05, 0.1) is 12.2 Å². The van der Waals surface area contributed by atoms with E-state index in [4.69, 9.17) is 9.16 Å². The average molecular weight is 287 g/mol. The molecular formula is C16H34O2Si. The van der Waals surface area contributed by atoms with Gasteiger partial charge in [-0.05, 0) is 36.9 Å². The first kappa shape index (κ1) is 17.2. The van der Waals surface area contributed by atoms with Crippen LogP contribution in [0, 0.1) is 5.92 Å². The fourth-order valence-corrected chi connectivity index (χ4v) is 9.55. The molecule has 1 rings (SSSR count). The zero-order chi connectivity index (χ0) is 14.8. The summed E-state index contributed by atoms with van der Waals surface area (Å²) in [5.74, 6) is 0.582. The van der Waals surface area contributed by atoms with Crippen LogP contribution in [-0.2, 0) is 9.16 Å². The van der Waals surface area contributed by atoms with Gasteiger partial charge in [0.25, 0.3) is 0 Å². The van der Waals surface area contributed by atoms with Crippen LogP contribution in [-0.4, -0.2) is 27.1 Å². The van der Waals surface area contributed by atoms with Gasteiger partial charge >= 0.3 is 0 Å². The van der Waals surface area contributed by atoms with Gasteiger partial charge in [0.1, 0.15) is 0 Å². The molecule has 114 valence electrons. The van der Waals surface area contributed by atoms with Crippen molar-refractivity contribution in [3.63, 3.8) is 0 Å². The predicted octanol–water partition coefficient (Wildman–Crippen LogP) is 4.99. The monoisotopic (exact) mass is 286 g/mol. The topological polar surface area (TPSA) is 18.5 Å². The third-order valence-corrected chi connectivity index (χ3v) is 10.8. The van der Waals surface area contributed by atoms with Gasteiger partial charge in [0.15, 0.2) is 8.32 Å². The molecule has 1 atom stereocenters. The van der Waals surface area contributed by atoms with E-state index in [-0.39, 0.29) is 5.60 Å². The molecule has 0 aromatic heterocycles. The highest BCUT2D eigenvalue weighted by atomic mass is 28.4. The van der Waals surface area contributed by atoms with Crippen molar-refractivity contribution in [3.8, 4) is 0 Å². The molecule has 1 aliphatic heterocycles. The Labute approximate surface area is 121 Å². The minimum absolute atomic E-state index is 0.0474. The Balaban J connectivity index is 2.69. The quantitative estimate of drug-likeness (QED) is 0.640. The molecule has 2 nitrogen and oxygen atoms in total. The average Bonchev–Trinajstić information content (AvgIpc) is 2.57. The molecule has 1 saturated heterocycles. The molecular weight excluding hydrogens is 252 g/mol. The van der Waals surface area contributed by atoms with Crippen molar-refractivity contribution in [2.75, 3.05) is 13.2 Å². The summed E-state index contributed by atoms with van der Waals surface area (Å²) >= 11 is 0. The zero-order valence-electron chi connectivity index (χ0n) is 14.2. The lowest BCUT2D eigenvalue weighted by molar-refractivity contribution is 0.0339. The van der Waals surface area contributed by atoms with E-state index in [9.17, 15) is 0 Å². The lowest BCUT2D eigenvalue weighted by Gasteiger charge is -2.42. The summed E-state index contributed by atoms with van der Waals surface area (Å²) in [7, 11) is -1.70. The maximum atomic E-state index is 6.65. The van der Waals surface area contributed by atoms with E-state index in [0.29, 0.717) is 22.5 Å². The summed E-state index contributed by atoms with van der Waals surface area (Å²) in [6.07, 6.45) is 1.13. The standard InChI is InChI=1S/C16H34O2Si/c1-12(2)19(13(3)4,14(5)6)18-11-15-9-16(7,8)17-10-15/h12-15H,9-11H2,1-8H3. The lowest BCUT2D eigenvalue weighted by atomic mass is 9.99. The summed E-state index contributed by atoms with van der Waals surface area (Å²) in [4.78, 5) is 0. The van der Waals surface area contributed by atoms with E-state index in [2.05, 4.69) is 55.4 Å². The molecule has 1 fully saturated rings. The summed E-state index contributed by atoms with van der Waals surface area (Å²) < 4.78 is 12.5. The molecule has 0 radical (unpaired) electrons. The molecule has 1 aliphatic rings. The van der Waals surface area contributed by atoms with E-state index in [0.717, 1.165) is 19.6 Å². The maximum absolute atomic E-state index is 6.65. The van der Waals surface area contributed by atoms with E-state index >= 15 is 0 Å². The van der Waals surface area contributed by atoms with Crippen molar-refractivity contribution in [1.29, 1.82) is 0 Å². The van der Waals surface area contributed by atoms with Crippen LogP contribution >= 0.6 is 0 Å². The largest absolute Gasteiger partial charge is 0.416 e. The first-order valence-electron chi connectivity index (χ1n) is 7.89. The minimum Gasteiger partial charge on any atom is -0.416 e. The second kappa shape index (κ2) is 6.27. The summed E-state index contributed by atoms with van der Waals surface area (Å²) in [5.41, 5.74) is 2.06. The van der Waals surface area contributed by atoms with Crippen LogP contribution in [0.1, 0.15) is 61.8 Å². The van der Waals surface area contributed by atoms with Crippen LogP contribution in [0.3, 0.4) is 0 Å². The molecule has 0 aliphatic carbocycles. The Morgan fingerprint density at radius 3 is 1.84 bits per heavy atom. The number of hydrogen-bond acceptors (Lipinski definition) is 2. The van der Waals surface area contributed by atoms with Gasteiger partial charge in [-0.1, -0.05) is 41.5 Å². The number of hydrogen-bond donors (Lipinski definition) is 0. The molecule has 3 heteroatoms. The van der Waals surface area contributed by atoms with Gasteiger partial charge in [-0.3, -0.25) is 0 Å². The normalized spacial score (nSPS) is 23.8. The Morgan fingerprint density at radius 2 is 1.53 bits per heavy atom. The first-order valence-corrected chi connectivity index (χ1v) is 10.0. The van der Waals surface area contributed by atoms with Crippen LogP contribution in [0.25, 0.3) is 0 Å².